The molecule has 0 atom stereocenters. The van der Waals surface area contributed by atoms with Crippen molar-refractivity contribution in [2.75, 3.05) is 43.0 Å². The second-order valence-electron chi connectivity index (χ2n) is 8.57. The monoisotopic (exact) mass is 717 g/mol. The Hall–Kier alpha value is -4.03. The van der Waals surface area contributed by atoms with Gasteiger partial charge in [0, 0.05) is 62.6 Å². The number of aliphatic hydroxyl groups excluding tert-OH is 1. The first-order valence-corrected chi connectivity index (χ1v) is 13.0. The zero-order valence-corrected chi connectivity index (χ0v) is 25.4. The molecule has 0 bridgehead atoms. The first kappa shape index (κ1) is 47.4. The molecule has 1 saturated heterocycles. The minimum Gasteiger partial charge on any atom is -0.412 e. The largest absolute Gasteiger partial charge is 0.416 e. The van der Waals surface area contributed by atoms with Gasteiger partial charge in [-0.15, -0.1) is 0 Å². The lowest BCUT2D eigenvalue weighted by Gasteiger charge is -2.34. The number of benzene rings is 1. The van der Waals surface area contributed by atoms with Gasteiger partial charge in [-0.3, -0.25) is 14.2 Å². The molecule has 3 aromatic rings. The van der Waals surface area contributed by atoms with E-state index in [0.717, 1.165) is 24.6 Å². The van der Waals surface area contributed by atoms with Crippen molar-refractivity contribution in [2.45, 2.75) is 31.9 Å². The Morgan fingerprint density at radius 2 is 1.51 bits per heavy atom. The molecule has 2 amide bonds. The van der Waals surface area contributed by atoms with Crippen LogP contribution in [0.15, 0.2) is 47.5 Å². The molecule has 1 fully saturated rings. The summed E-state index contributed by atoms with van der Waals surface area (Å²) in [5.74, 6) is 0.197. The molecular formula is C24H36F9N9O4S. The van der Waals surface area contributed by atoms with Crippen LogP contribution < -0.4 is 34.2 Å². The van der Waals surface area contributed by atoms with Gasteiger partial charge in [0.15, 0.2) is 0 Å². The molecule has 1 aromatic carbocycles. The summed E-state index contributed by atoms with van der Waals surface area (Å²) in [6, 6.07) is 3.95. The summed E-state index contributed by atoms with van der Waals surface area (Å²) in [4.78, 5) is 30.7. The van der Waals surface area contributed by atoms with Crippen LogP contribution in [-0.4, -0.2) is 74.7 Å². The van der Waals surface area contributed by atoms with Crippen LogP contribution in [0.4, 0.5) is 55.8 Å². The number of alkyl halides is 9. The number of nitrogens with zero attached hydrogens (tertiary/aromatic N) is 4. The lowest BCUT2D eigenvalue weighted by atomic mass is 10.1. The molecule has 1 aliphatic rings. The van der Waals surface area contributed by atoms with Crippen LogP contribution in [-0.2, 0) is 18.8 Å². The molecule has 0 saturated carbocycles. The van der Waals surface area contributed by atoms with Crippen molar-refractivity contribution in [3.05, 3.63) is 69.8 Å². The Kier molecular flexibility index (Phi) is 21.9. The summed E-state index contributed by atoms with van der Waals surface area (Å²) in [7, 11) is 0. The molecule has 2 aromatic heterocycles. The minimum absolute atomic E-state index is 0. The third-order valence-electron chi connectivity index (χ3n) is 5.53. The number of piperazine rings is 1. The summed E-state index contributed by atoms with van der Waals surface area (Å²) in [6.07, 6.45) is -4.69. The third kappa shape index (κ3) is 16.4. The maximum atomic E-state index is 12.9. The lowest BCUT2D eigenvalue weighted by molar-refractivity contribution is -0.143. The van der Waals surface area contributed by atoms with Crippen LogP contribution in [0, 0.1) is 0 Å². The zero-order valence-electron chi connectivity index (χ0n) is 24.6. The van der Waals surface area contributed by atoms with Crippen molar-refractivity contribution in [2.24, 2.45) is 0 Å². The fourth-order valence-electron chi connectivity index (χ4n) is 3.58. The number of hydrogen-bond donors (Lipinski definition) is 6. The number of carbonyl (C=O) groups excluding carboxylic acids is 1. The highest BCUT2D eigenvalue weighted by Crippen LogP contribution is 2.37. The number of pyridine rings is 1. The van der Waals surface area contributed by atoms with Crippen LogP contribution in [0.25, 0.3) is 0 Å². The molecule has 270 valence electrons. The molecule has 4 rings (SSSR count). The summed E-state index contributed by atoms with van der Waals surface area (Å²) in [6.45, 7) is -2.73. The number of aromatic nitrogens is 3. The highest BCUT2D eigenvalue weighted by atomic mass is 32.1. The SMILES string of the molecule is FC(F)F.N.N.N.O.O=C(Nc1cc(C(F)(F)F)cc(C(F)(F)F)c1)N1CCN(c2ns[nH]c2=O)CC1.OCCCc1cccnc1. The highest BCUT2D eigenvalue weighted by molar-refractivity contribution is 6.99. The van der Waals surface area contributed by atoms with E-state index >= 15 is 0 Å². The molecular weight excluding hydrogens is 681 g/mol. The van der Waals surface area contributed by atoms with Gasteiger partial charge in [-0.05, 0) is 42.7 Å². The van der Waals surface area contributed by atoms with E-state index in [1.165, 1.54) is 10.5 Å². The molecule has 0 spiro atoms. The minimum atomic E-state index is -5.01. The fourth-order valence-corrected chi connectivity index (χ4v) is 4.08. The zero-order chi connectivity index (χ0) is 32.2. The first-order valence-electron chi connectivity index (χ1n) is 12.2. The van der Waals surface area contributed by atoms with Gasteiger partial charge in [-0.2, -0.15) is 43.9 Å². The van der Waals surface area contributed by atoms with Gasteiger partial charge in [-0.25, -0.2) is 4.79 Å². The predicted octanol–water partition coefficient (Wildman–Crippen LogP) is 5.07. The number of anilines is 2. The summed E-state index contributed by atoms with van der Waals surface area (Å²) < 4.78 is 113. The quantitative estimate of drug-likeness (QED) is 0.192. The van der Waals surface area contributed by atoms with E-state index < -0.39 is 41.9 Å². The highest BCUT2D eigenvalue weighted by Gasteiger charge is 2.37. The molecule has 0 aliphatic carbocycles. The van der Waals surface area contributed by atoms with Gasteiger partial charge in [0.2, 0.25) is 5.82 Å². The lowest BCUT2D eigenvalue weighted by Crippen LogP contribution is -2.51. The molecule has 23 heteroatoms. The summed E-state index contributed by atoms with van der Waals surface area (Å²) >= 11 is 0.869. The maximum absolute atomic E-state index is 12.9. The number of halogens is 9. The van der Waals surface area contributed by atoms with Crippen LogP contribution in [0.3, 0.4) is 0 Å². The molecule has 3 heterocycles. The smallest absolute Gasteiger partial charge is 0.412 e. The van der Waals surface area contributed by atoms with Crippen molar-refractivity contribution >= 4 is 29.3 Å². The molecule has 13 nitrogen and oxygen atoms in total. The van der Waals surface area contributed by atoms with Gasteiger partial charge in [-0.1, -0.05) is 6.07 Å². The Morgan fingerprint density at radius 1 is 0.979 bits per heavy atom. The van der Waals surface area contributed by atoms with Gasteiger partial charge in [0.25, 0.3) is 0 Å². The van der Waals surface area contributed by atoms with Gasteiger partial charge in [0.05, 0.1) is 11.1 Å². The normalized spacial score (nSPS) is 12.4. The Morgan fingerprint density at radius 3 is 1.91 bits per heavy atom. The number of rotatable bonds is 5. The third-order valence-corrected chi connectivity index (χ3v) is 6.07. The average Bonchev–Trinajstić information content (AvgIpc) is 3.37. The predicted molar refractivity (Wildman–Crippen MR) is 157 cm³/mol. The van der Waals surface area contributed by atoms with Crippen molar-refractivity contribution in [1.82, 2.24) is 37.1 Å². The number of hydrogen-bond acceptors (Lipinski definition) is 10. The van der Waals surface area contributed by atoms with E-state index in [1.807, 2.05) is 18.3 Å². The van der Waals surface area contributed by atoms with E-state index in [-0.39, 0.29) is 74.2 Å². The number of amides is 2. The van der Waals surface area contributed by atoms with E-state index in [9.17, 15) is 49.1 Å². The van der Waals surface area contributed by atoms with E-state index in [1.54, 1.807) is 11.1 Å². The number of carbonyl (C=O) groups is 1. The van der Waals surface area contributed by atoms with Crippen LogP contribution in [0.1, 0.15) is 23.1 Å². The van der Waals surface area contributed by atoms with Gasteiger partial charge < -0.3 is 44.2 Å². The van der Waals surface area contributed by atoms with Crippen molar-refractivity contribution in [1.29, 1.82) is 0 Å². The molecule has 0 unspecified atom stereocenters. The second kappa shape index (κ2) is 21.7. The van der Waals surface area contributed by atoms with Crippen LogP contribution >= 0.6 is 11.7 Å². The van der Waals surface area contributed by atoms with Crippen molar-refractivity contribution < 1.29 is 54.9 Å². The standard InChI is InChI=1S/C15H13F6N5O2S.C8H11NO.CHF3.3H3N.H2O/c16-14(17,18)8-5-9(15(19,20)21)7-10(6-8)22-13(28)26-3-1-25(2-4-26)11-12(27)24-29-23-11;10-6-2-4-8-3-1-5-9-7-8;2-1(3)4;;;;/h5-7H,1-4H2,(H,22,28)(H,24,27);1,3,5,7,10H,2,4,6H2;1H;3*1H3;1H2. The molecule has 0 radical (unpaired) electrons. The van der Waals surface area contributed by atoms with Crippen LogP contribution in [0.5, 0.6) is 0 Å². The number of aryl methyl sites for hydroxylation is 1. The Balaban J connectivity index is -0.000000907. The molecule has 1 aliphatic heterocycles. The van der Waals surface area contributed by atoms with E-state index in [4.69, 9.17) is 5.11 Å². The summed E-state index contributed by atoms with van der Waals surface area (Å²) in [5, 5.41) is 10.6. The van der Waals surface area contributed by atoms with Crippen molar-refractivity contribution in [3.63, 3.8) is 0 Å². The number of aliphatic hydroxyl groups is 1. The maximum Gasteiger partial charge on any atom is 0.416 e. The molecule has 14 N–H and O–H groups in total. The van der Waals surface area contributed by atoms with Gasteiger partial charge in [0.1, 0.15) is 0 Å². The Bertz CT molecular complexity index is 1300. The van der Waals surface area contributed by atoms with E-state index in [2.05, 4.69) is 19.0 Å². The summed E-state index contributed by atoms with van der Waals surface area (Å²) in [5.41, 5.74) is -2.84. The van der Waals surface area contributed by atoms with E-state index in [0.29, 0.717) is 12.1 Å². The fraction of sp³-hybridized carbons (Fsp3) is 0.417. The Labute approximate surface area is 266 Å². The number of urea groups is 1. The number of aromatic amines is 1. The average molecular weight is 718 g/mol. The topological polar surface area (TPSA) is 251 Å². The van der Waals surface area contributed by atoms with Crippen LogP contribution in [0.2, 0.25) is 0 Å². The number of nitrogens with one attached hydrogen (secondary N) is 2. The van der Waals surface area contributed by atoms with Gasteiger partial charge >= 0.3 is 30.6 Å². The molecule has 47 heavy (non-hydrogen) atoms. The number of H-pyrrole nitrogens is 1. The first-order chi connectivity index (χ1) is 20.1. The second-order valence-corrected chi connectivity index (χ2v) is 9.14. The van der Waals surface area contributed by atoms with Crippen molar-refractivity contribution in [3.8, 4) is 0 Å².